The van der Waals surface area contributed by atoms with Crippen molar-refractivity contribution in [3.63, 3.8) is 0 Å². The fourth-order valence-corrected chi connectivity index (χ4v) is 3.10. The molecular weight excluding hydrogens is 212 g/mol. The van der Waals surface area contributed by atoms with Gasteiger partial charge in [-0.15, -0.1) is 11.1 Å². The maximum absolute atomic E-state index is 6.30. The van der Waals surface area contributed by atoms with Crippen molar-refractivity contribution in [3.05, 3.63) is 30.3 Å². The summed E-state index contributed by atoms with van der Waals surface area (Å²) in [7, 11) is 2.71. The third kappa shape index (κ3) is 4.24. The molecule has 0 amide bonds. The van der Waals surface area contributed by atoms with E-state index in [9.17, 15) is 0 Å². The lowest BCUT2D eigenvalue weighted by atomic mass is 10.4. The summed E-state index contributed by atoms with van der Waals surface area (Å²) in [5.41, 5.74) is 0. The largest absolute Gasteiger partial charge is 0.323 e. The monoisotopic (exact) mass is 228 g/mol. The van der Waals surface area contributed by atoms with Crippen LogP contribution < -0.4 is 10.2 Å². The van der Waals surface area contributed by atoms with Gasteiger partial charge in [0.2, 0.25) is 8.27 Å². The molecule has 1 rings (SSSR count). The number of nitrogens with one attached hydrogen (secondary N) is 1. The summed E-state index contributed by atoms with van der Waals surface area (Å²) in [5.74, 6) is 0. The summed E-state index contributed by atoms with van der Waals surface area (Å²) in [6.45, 7) is 1.99. The van der Waals surface area contributed by atoms with Gasteiger partial charge in [-0.3, -0.25) is 0 Å². The van der Waals surface area contributed by atoms with Crippen molar-refractivity contribution in [3.8, 4) is 0 Å². The molecule has 1 atom stereocenters. The second-order valence-corrected chi connectivity index (χ2v) is 6.64. The van der Waals surface area contributed by atoms with E-state index in [1.807, 2.05) is 18.2 Å². The van der Waals surface area contributed by atoms with Gasteiger partial charge in [-0.25, -0.2) is 0 Å². The van der Waals surface area contributed by atoms with E-state index in [0.29, 0.717) is 0 Å². The molecule has 0 fully saturated rings. The van der Waals surface area contributed by atoms with Crippen LogP contribution in [0.1, 0.15) is 0 Å². The third-order valence-corrected chi connectivity index (χ3v) is 4.81. The Labute approximate surface area is 92.3 Å². The Morgan fingerprint density at radius 2 is 1.93 bits per heavy atom. The first-order chi connectivity index (χ1) is 6.70. The van der Waals surface area contributed by atoms with Crippen LogP contribution in [-0.2, 0) is 0 Å². The first-order valence-electron chi connectivity index (χ1n) is 4.77. The minimum Gasteiger partial charge on any atom is -0.323 e. The Morgan fingerprint density at radius 3 is 2.50 bits per heavy atom. The van der Waals surface area contributed by atoms with Crippen molar-refractivity contribution < 1.29 is 0 Å². The van der Waals surface area contributed by atoms with E-state index in [-0.39, 0.29) is 0 Å². The van der Waals surface area contributed by atoms with Gasteiger partial charge in [0.15, 0.2) is 0 Å². The summed E-state index contributed by atoms with van der Waals surface area (Å²) < 4.78 is 0. The molecule has 1 aromatic carbocycles. The van der Waals surface area contributed by atoms with Gasteiger partial charge in [0.05, 0.1) is 0 Å². The maximum atomic E-state index is 6.30. The van der Waals surface area contributed by atoms with E-state index >= 15 is 0 Å². The van der Waals surface area contributed by atoms with E-state index in [0.717, 1.165) is 13.1 Å². The molecule has 0 aliphatic heterocycles. The fraction of sp³-hybridized carbons (Fsp3) is 0.400. The van der Waals surface area contributed by atoms with Crippen LogP contribution in [0.3, 0.4) is 0 Å². The highest BCUT2D eigenvalue weighted by molar-refractivity contribution is 7.12. The molecule has 1 aromatic rings. The van der Waals surface area contributed by atoms with Crippen LogP contribution in [0, 0.1) is 0 Å². The zero-order valence-electron chi connectivity index (χ0n) is 8.70. The minimum absolute atomic E-state index is 0.961. The lowest BCUT2D eigenvalue weighted by molar-refractivity contribution is 0.414. The van der Waals surface area contributed by atoms with E-state index in [1.165, 1.54) is 5.19 Å². The van der Waals surface area contributed by atoms with Gasteiger partial charge in [0, 0.05) is 13.1 Å². The average Bonchev–Trinajstić information content (AvgIpc) is 2.18. The Kier molecular flexibility index (Phi) is 5.18. The number of benzene rings is 1. The molecule has 0 aromatic heterocycles. The summed E-state index contributed by atoms with van der Waals surface area (Å²) >= 11 is 6.30. The van der Waals surface area contributed by atoms with Gasteiger partial charge in [0.25, 0.3) is 0 Å². The molecule has 1 N–H and O–H groups in total. The average molecular weight is 229 g/mol. The molecule has 2 nitrogen and oxygen atoms in total. The summed E-state index contributed by atoms with van der Waals surface area (Å²) in [5, 5.41) is 1.26. The predicted molar refractivity (Wildman–Crippen MR) is 65.6 cm³/mol. The lowest BCUT2D eigenvalue weighted by Gasteiger charge is -2.13. The fourth-order valence-electron chi connectivity index (χ4n) is 1.15. The molecule has 0 spiro atoms. The first-order valence-corrected chi connectivity index (χ1v) is 7.67. The molecule has 1 unspecified atom stereocenters. The number of hydrogen-bond acceptors (Lipinski definition) is 2. The van der Waals surface area contributed by atoms with Crippen molar-refractivity contribution in [2.75, 3.05) is 27.2 Å². The minimum atomic E-state index is -1.42. The van der Waals surface area contributed by atoms with Crippen molar-refractivity contribution in [1.29, 1.82) is 0 Å². The molecule has 0 saturated heterocycles. The highest BCUT2D eigenvalue weighted by Gasteiger charge is 2.07. The Balaban J connectivity index is 2.32. The van der Waals surface area contributed by atoms with Crippen LogP contribution in [0.15, 0.2) is 30.3 Å². The highest BCUT2D eigenvalue weighted by Crippen LogP contribution is 1.89. The first kappa shape index (κ1) is 11.7. The standard InChI is InChI=1S/C10H17ClN2Si/c1-13(2)9-8-12-14(11)10-6-4-3-5-7-10/h3-7,12,14H,8-9H2,1-2H3. The van der Waals surface area contributed by atoms with Gasteiger partial charge in [-0.05, 0) is 19.3 Å². The SMILES string of the molecule is CN(C)CCN[SiH](Cl)c1ccccc1. The Morgan fingerprint density at radius 1 is 1.29 bits per heavy atom. The van der Waals surface area contributed by atoms with Gasteiger partial charge < -0.3 is 9.88 Å². The van der Waals surface area contributed by atoms with Crippen LogP contribution in [0.5, 0.6) is 0 Å². The van der Waals surface area contributed by atoms with Crippen molar-refractivity contribution in [2.45, 2.75) is 0 Å². The summed E-state index contributed by atoms with van der Waals surface area (Å²) in [6, 6.07) is 10.3. The zero-order chi connectivity index (χ0) is 10.4. The normalized spacial score (nSPS) is 13.1. The van der Waals surface area contributed by atoms with Crippen molar-refractivity contribution in [1.82, 2.24) is 9.88 Å². The zero-order valence-corrected chi connectivity index (χ0v) is 10.6. The van der Waals surface area contributed by atoms with Crippen LogP contribution in [0.4, 0.5) is 0 Å². The van der Waals surface area contributed by atoms with E-state index in [1.54, 1.807) is 0 Å². The van der Waals surface area contributed by atoms with Crippen LogP contribution in [0.25, 0.3) is 0 Å². The number of hydrogen-bond donors (Lipinski definition) is 1. The quantitative estimate of drug-likeness (QED) is 0.584. The second kappa shape index (κ2) is 6.19. The molecule has 0 saturated carbocycles. The van der Waals surface area contributed by atoms with Crippen LogP contribution >= 0.6 is 11.1 Å². The topological polar surface area (TPSA) is 15.3 Å². The molecule has 78 valence electrons. The smallest absolute Gasteiger partial charge is 0.242 e. The van der Waals surface area contributed by atoms with E-state index < -0.39 is 8.27 Å². The maximum Gasteiger partial charge on any atom is 0.242 e. The van der Waals surface area contributed by atoms with Gasteiger partial charge in [-0.2, -0.15) is 0 Å². The second-order valence-electron chi connectivity index (χ2n) is 3.53. The number of rotatable bonds is 5. The van der Waals surface area contributed by atoms with Crippen molar-refractivity contribution >= 4 is 24.5 Å². The van der Waals surface area contributed by atoms with Gasteiger partial charge in [-0.1, -0.05) is 30.3 Å². The Bertz CT molecular complexity index is 254. The summed E-state index contributed by atoms with van der Waals surface area (Å²) in [4.78, 5) is 5.54. The summed E-state index contributed by atoms with van der Waals surface area (Å²) in [6.07, 6.45) is 0. The predicted octanol–water partition coefficient (Wildman–Crippen LogP) is 0.504. The lowest BCUT2D eigenvalue weighted by Crippen LogP contribution is -2.42. The van der Waals surface area contributed by atoms with E-state index in [2.05, 4.69) is 36.1 Å². The van der Waals surface area contributed by atoms with Gasteiger partial charge >= 0.3 is 0 Å². The molecular formula is C10H17ClN2Si. The third-order valence-electron chi connectivity index (χ3n) is 1.97. The van der Waals surface area contributed by atoms with E-state index in [4.69, 9.17) is 11.1 Å². The molecule has 0 aliphatic rings. The Hall–Kier alpha value is -0.353. The number of halogens is 1. The van der Waals surface area contributed by atoms with Crippen molar-refractivity contribution in [2.24, 2.45) is 0 Å². The molecule has 0 heterocycles. The highest BCUT2D eigenvalue weighted by atomic mass is 35.6. The molecule has 0 radical (unpaired) electrons. The van der Waals surface area contributed by atoms with Gasteiger partial charge in [0.1, 0.15) is 0 Å². The molecule has 0 aliphatic carbocycles. The van der Waals surface area contributed by atoms with Crippen LogP contribution in [-0.4, -0.2) is 40.4 Å². The number of likely N-dealkylation sites (N-methyl/N-ethyl adjacent to an activating group) is 1. The van der Waals surface area contributed by atoms with Crippen LogP contribution in [0.2, 0.25) is 0 Å². The molecule has 4 heteroatoms. The molecule has 14 heavy (non-hydrogen) atoms. The molecule has 0 bridgehead atoms. The number of nitrogens with zero attached hydrogens (tertiary/aromatic N) is 1.